The van der Waals surface area contributed by atoms with Crippen LogP contribution in [0.15, 0.2) is 42.6 Å². The molecule has 1 aromatic carbocycles. The molecule has 0 saturated heterocycles. The molecule has 2 unspecified atom stereocenters. The first-order chi connectivity index (χ1) is 10.3. The predicted octanol–water partition coefficient (Wildman–Crippen LogP) is 4.85. The van der Waals surface area contributed by atoms with Crippen molar-refractivity contribution in [3.63, 3.8) is 0 Å². The quantitative estimate of drug-likeness (QED) is 0.873. The van der Waals surface area contributed by atoms with Crippen LogP contribution in [0.2, 0.25) is 5.02 Å². The summed E-state index contributed by atoms with van der Waals surface area (Å²) in [7, 11) is 0. The summed E-state index contributed by atoms with van der Waals surface area (Å²) in [6.45, 7) is 2.22. The second kappa shape index (κ2) is 6.59. The summed E-state index contributed by atoms with van der Waals surface area (Å²) in [4.78, 5) is 4.61. The molecule has 0 spiro atoms. The lowest BCUT2D eigenvalue weighted by molar-refractivity contribution is 0.385. The van der Waals surface area contributed by atoms with Crippen molar-refractivity contribution in [2.45, 2.75) is 44.7 Å². The van der Waals surface area contributed by atoms with Crippen LogP contribution in [0.25, 0.3) is 0 Å². The second-order valence-electron chi connectivity index (χ2n) is 5.67. The molecule has 0 amide bonds. The molecular formula is C18H21ClN2. The largest absolute Gasteiger partial charge is 0.302 e. The van der Waals surface area contributed by atoms with Crippen LogP contribution in [0.1, 0.15) is 55.1 Å². The Labute approximate surface area is 131 Å². The highest BCUT2D eigenvalue weighted by atomic mass is 35.5. The normalized spacial score (nSPS) is 19.0. The average molecular weight is 301 g/mol. The predicted molar refractivity (Wildman–Crippen MR) is 87.5 cm³/mol. The minimum atomic E-state index is 0.347. The highest BCUT2D eigenvalue weighted by molar-refractivity contribution is 6.30. The van der Waals surface area contributed by atoms with Gasteiger partial charge in [0.05, 0.1) is 11.7 Å². The summed E-state index contributed by atoms with van der Waals surface area (Å²) < 4.78 is 0. The van der Waals surface area contributed by atoms with Crippen molar-refractivity contribution in [3.05, 3.63) is 64.4 Å². The third kappa shape index (κ3) is 3.28. The van der Waals surface area contributed by atoms with Gasteiger partial charge in [0.1, 0.15) is 0 Å². The number of pyridine rings is 1. The molecule has 1 aliphatic carbocycles. The maximum atomic E-state index is 5.99. The molecule has 0 saturated carbocycles. The van der Waals surface area contributed by atoms with Gasteiger partial charge in [-0.15, -0.1) is 0 Å². The van der Waals surface area contributed by atoms with Gasteiger partial charge < -0.3 is 5.32 Å². The molecule has 0 fully saturated rings. The first kappa shape index (κ1) is 14.6. The Bertz CT molecular complexity index is 594. The number of nitrogens with zero attached hydrogens (tertiary/aromatic N) is 1. The molecule has 2 aromatic rings. The summed E-state index contributed by atoms with van der Waals surface area (Å²) in [5, 5.41) is 4.58. The molecule has 1 aliphatic rings. The smallest absolute Gasteiger partial charge is 0.0605 e. The van der Waals surface area contributed by atoms with E-state index < -0.39 is 0 Å². The fourth-order valence-corrected chi connectivity index (χ4v) is 3.29. The molecule has 110 valence electrons. The fraction of sp³-hybridized carbons (Fsp3) is 0.389. The molecule has 3 rings (SSSR count). The SMILES string of the molecule is CCC(NC1CCCc2cccnc21)c1ccc(Cl)cc1. The van der Waals surface area contributed by atoms with Crippen molar-refractivity contribution >= 4 is 11.6 Å². The van der Waals surface area contributed by atoms with Crippen LogP contribution in [-0.4, -0.2) is 4.98 Å². The minimum Gasteiger partial charge on any atom is -0.302 e. The van der Waals surface area contributed by atoms with E-state index in [0.29, 0.717) is 12.1 Å². The molecule has 0 radical (unpaired) electrons. The summed E-state index contributed by atoms with van der Waals surface area (Å²) >= 11 is 5.99. The number of halogens is 1. The number of aromatic nitrogens is 1. The average Bonchev–Trinajstić information content (AvgIpc) is 2.54. The minimum absolute atomic E-state index is 0.347. The highest BCUT2D eigenvalue weighted by Crippen LogP contribution is 2.31. The van der Waals surface area contributed by atoms with Gasteiger partial charge in [-0.05, 0) is 55.0 Å². The molecule has 2 nitrogen and oxygen atoms in total. The fourth-order valence-electron chi connectivity index (χ4n) is 3.16. The van der Waals surface area contributed by atoms with Gasteiger partial charge in [0.15, 0.2) is 0 Å². The molecule has 1 heterocycles. The molecule has 1 N–H and O–H groups in total. The van der Waals surface area contributed by atoms with Crippen molar-refractivity contribution in [2.75, 3.05) is 0 Å². The summed E-state index contributed by atoms with van der Waals surface area (Å²) in [6.07, 6.45) is 6.50. The number of fused-ring (bicyclic) bond motifs is 1. The van der Waals surface area contributed by atoms with Gasteiger partial charge in [-0.2, -0.15) is 0 Å². The maximum Gasteiger partial charge on any atom is 0.0605 e. The third-order valence-electron chi connectivity index (χ3n) is 4.28. The van der Waals surface area contributed by atoms with E-state index >= 15 is 0 Å². The van der Waals surface area contributed by atoms with E-state index in [1.807, 2.05) is 24.4 Å². The van der Waals surface area contributed by atoms with Crippen LogP contribution in [0.4, 0.5) is 0 Å². The van der Waals surface area contributed by atoms with Gasteiger partial charge >= 0.3 is 0 Å². The van der Waals surface area contributed by atoms with E-state index in [-0.39, 0.29) is 0 Å². The Balaban J connectivity index is 1.80. The number of hydrogen-bond donors (Lipinski definition) is 1. The maximum absolute atomic E-state index is 5.99. The van der Waals surface area contributed by atoms with E-state index in [0.717, 1.165) is 24.3 Å². The van der Waals surface area contributed by atoms with Crippen molar-refractivity contribution in [1.82, 2.24) is 10.3 Å². The first-order valence-electron chi connectivity index (χ1n) is 7.73. The highest BCUT2D eigenvalue weighted by Gasteiger charge is 2.23. The molecule has 3 heteroatoms. The van der Waals surface area contributed by atoms with Gasteiger partial charge in [-0.1, -0.05) is 36.7 Å². The van der Waals surface area contributed by atoms with Crippen molar-refractivity contribution in [1.29, 1.82) is 0 Å². The topological polar surface area (TPSA) is 24.9 Å². The zero-order valence-electron chi connectivity index (χ0n) is 12.3. The molecule has 2 atom stereocenters. The van der Waals surface area contributed by atoms with Gasteiger partial charge in [-0.25, -0.2) is 0 Å². The number of nitrogens with one attached hydrogen (secondary N) is 1. The van der Waals surface area contributed by atoms with E-state index in [1.54, 1.807) is 0 Å². The van der Waals surface area contributed by atoms with Gasteiger partial charge in [0.2, 0.25) is 0 Å². The zero-order chi connectivity index (χ0) is 14.7. The lowest BCUT2D eigenvalue weighted by atomic mass is 9.90. The standard InChI is InChI=1S/C18H21ClN2/c1-2-16(13-8-10-15(19)11-9-13)21-17-7-3-5-14-6-4-12-20-18(14)17/h4,6,8-12,16-17,21H,2-3,5,7H2,1H3. The lowest BCUT2D eigenvalue weighted by Crippen LogP contribution is -2.29. The molecule has 1 aromatic heterocycles. The Morgan fingerprint density at radius 3 is 2.86 bits per heavy atom. The number of hydrogen-bond acceptors (Lipinski definition) is 2. The molecule has 0 aliphatic heterocycles. The van der Waals surface area contributed by atoms with E-state index in [1.165, 1.54) is 23.2 Å². The van der Waals surface area contributed by atoms with Crippen molar-refractivity contribution < 1.29 is 0 Å². The zero-order valence-corrected chi connectivity index (χ0v) is 13.1. The third-order valence-corrected chi connectivity index (χ3v) is 4.53. The van der Waals surface area contributed by atoms with Crippen LogP contribution < -0.4 is 5.32 Å². The number of aryl methyl sites for hydroxylation is 1. The van der Waals surface area contributed by atoms with E-state index in [9.17, 15) is 0 Å². The van der Waals surface area contributed by atoms with E-state index in [4.69, 9.17) is 11.6 Å². The number of rotatable bonds is 4. The van der Waals surface area contributed by atoms with Crippen LogP contribution in [-0.2, 0) is 6.42 Å². The molecule has 21 heavy (non-hydrogen) atoms. The monoisotopic (exact) mass is 300 g/mol. The van der Waals surface area contributed by atoms with Crippen LogP contribution >= 0.6 is 11.6 Å². The summed E-state index contributed by atoms with van der Waals surface area (Å²) in [5.74, 6) is 0. The summed E-state index contributed by atoms with van der Waals surface area (Å²) in [5.41, 5.74) is 3.92. The molecular weight excluding hydrogens is 280 g/mol. The van der Waals surface area contributed by atoms with Gasteiger partial charge in [0.25, 0.3) is 0 Å². The lowest BCUT2D eigenvalue weighted by Gasteiger charge is -2.29. The second-order valence-corrected chi connectivity index (χ2v) is 6.11. The van der Waals surface area contributed by atoms with Crippen molar-refractivity contribution in [2.24, 2.45) is 0 Å². The summed E-state index contributed by atoms with van der Waals surface area (Å²) in [6, 6.07) is 13.1. The van der Waals surface area contributed by atoms with Crippen LogP contribution in [0.3, 0.4) is 0 Å². The first-order valence-corrected chi connectivity index (χ1v) is 8.11. The Morgan fingerprint density at radius 1 is 1.29 bits per heavy atom. The Kier molecular flexibility index (Phi) is 4.57. The van der Waals surface area contributed by atoms with Gasteiger partial charge in [0, 0.05) is 17.3 Å². The van der Waals surface area contributed by atoms with Gasteiger partial charge in [-0.3, -0.25) is 4.98 Å². The van der Waals surface area contributed by atoms with E-state index in [2.05, 4.69) is 35.4 Å². The number of benzene rings is 1. The Hall–Kier alpha value is -1.38. The van der Waals surface area contributed by atoms with Crippen LogP contribution in [0, 0.1) is 0 Å². The van der Waals surface area contributed by atoms with Crippen LogP contribution in [0.5, 0.6) is 0 Å². The Morgan fingerprint density at radius 2 is 2.10 bits per heavy atom. The molecule has 0 bridgehead atoms. The van der Waals surface area contributed by atoms with Crippen molar-refractivity contribution in [3.8, 4) is 0 Å².